The van der Waals surface area contributed by atoms with Crippen molar-refractivity contribution in [1.82, 2.24) is 21.3 Å². The van der Waals surface area contributed by atoms with Crippen LogP contribution in [-0.2, 0) is 49.7 Å². The van der Waals surface area contributed by atoms with Crippen LogP contribution >= 0.6 is 23.2 Å². The lowest BCUT2D eigenvalue weighted by atomic mass is 10.0. The first kappa shape index (κ1) is 38.8. The molecule has 0 fully saturated rings. The number of nitrogens with one attached hydrogen (secondary N) is 4. The molecule has 5 N–H and O–H groups in total. The largest absolute Gasteiger partial charge is 0.484 e. The van der Waals surface area contributed by atoms with Crippen LogP contribution in [0.15, 0.2) is 103 Å². The number of hydrogen-bond donors (Lipinski definition) is 5. The van der Waals surface area contributed by atoms with Gasteiger partial charge in [0.2, 0.25) is 17.7 Å². The highest BCUT2D eigenvalue weighted by Crippen LogP contribution is 2.23. The summed E-state index contributed by atoms with van der Waals surface area (Å²) >= 11 is 12.6. The number of rotatable bonds is 9. The fraction of sp³-hybridized carbons (Fsp3) is 0.275. The van der Waals surface area contributed by atoms with Crippen LogP contribution in [0.3, 0.4) is 0 Å². The molecule has 2 aliphatic rings. The molecule has 276 valence electrons. The molecule has 0 aliphatic carbocycles. The minimum absolute atomic E-state index is 0.0575. The smallest absolute Gasteiger partial charge is 0.326 e. The average Bonchev–Trinajstić information content (AvgIpc) is 3.15. The number of ether oxygens (including phenoxy) is 1. The van der Waals surface area contributed by atoms with Gasteiger partial charge in [-0.05, 0) is 72.2 Å². The van der Waals surface area contributed by atoms with Gasteiger partial charge < -0.3 is 31.1 Å². The maximum absolute atomic E-state index is 14.2. The van der Waals surface area contributed by atoms with Crippen molar-refractivity contribution < 1.29 is 33.8 Å². The summed E-state index contributed by atoms with van der Waals surface area (Å²) < 4.78 is 5.67. The number of aryl methyl sites for hydroxylation is 2. The van der Waals surface area contributed by atoms with E-state index in [9.17, 15) is 29.1 Å². The van der Waals surface area contributed by atoms with Gasteiger partial charge in [-0.15, -0.1) is 0 Å². The molecule has 4 amide bonds. The number of carbonyl (C=O) groups is 5. The predicted molar refractivity (Wildman–Crippen MR) is 201 cm³/mol. The molecule has 6 rings (SSSR count). The van der Waals surface area contributed by atoms with E-state index in [4.69, 9.17) is 27.9 Å². The van der Waals surface area contributed by atoms with E-state index in [1.165, 1.54) is 6.07 Å². The van der Waals surface area contributed by atoms with E-state index in [0.29, 0.717) is 34.7 Å². The fourth-order valence-electron chi connectivity index (χ4n) is 5.92. The second kappa shape index (κ2) is 18.9. The SMILES string of the molecule is O=C1COc2ccc(cc2)C[C@H](C(=O)O)NC(=O)[C@@H](CCc2ccccc2)NC(=O)[C@H](Cc2ccc(Cl)cc2Cl)NC(=O)[C@@H](CCc2ccccc2)N1. The van der Waals surface area contributed by atoms with E-state index >= 15 is 0 Å². The van der Waals surface area contributed by atoms with Gasteiger partial charge in [0.25, 0.3) is 5.91 Å². The quantitative estimate of drug-likeness (QED) is 0.158. The Labute approximate surface area is 317 Å². The molecule has 13 heteroatoms. The number of hydrogen-bond acceptors (Lipinski definition) is 6. The molecule has 4 aromatic rings. The lowest BCUT2D eigenvalue weighted by Crippen LogP contribution is -2.58. The predicted octanol–water partition coefficient (Wildman–Crippen LogP) is 4.46. The first-order chi connectivity index (χ1) is 25.5. The number of aliphatic carboxylic acids is 1. The monoisotopic (exact) mass is 758 g/mol. The summed E-state index contributed by atoms with van der Waals surface area (Å²) in [6, 6.07) is 25.1. The second-order valence-corrected chi connectivity index (χ2v) is 13.6. The van der Waals surface area contributed by atoms with Crippen LogP contribution in [-0.4, -0.2) is 65.5 Å². The lowest BCUT2D eigenvalue weighted by molar-refractivity contribution is -0.142. The maximum atomic E-state index is 14.2. The Morgan fingerprint density at radius 3 is 1.81 bits per heavy atom. The summed E-state index contributed by atoms with van der Waals surface area (Å²) in [5.41, 5.74) is 2.93. The van der Waals surface area contributed by atoms with Crippen molar-refractivity contribution >= 4 is 52.8 Å². The van der Waals surface area contributed by atoms with Gasteiger partial charge in [0.1, 0.15) is 29.9 Å². The Balaban J connectivity index is 1.49. The minimum Gasteiger partial charge on any atom is -0.484 e. The summed E-state index contributed by atoms with van der Waals surface area (Å²) in [4.78, 5) is 67.6. The highest BCUT2D eigenvalue weighted by atomic mass is 35.5. The van der Waals surface area contributed by atoms with Gasteiger partial charge in [-0.3, -0.25) is 19.2 Å². The zero-order chi connectivity index (χ0) is 37.7. The van der Waals surface area contributed by atoms with Gasteiger partial charge in [0.05, 0.1) is 0 Å². The van der Waals surface area contributed by atoms with Crippen molar-refractivity contribution in [2.45, 2.75) is 62.7 Å². The highest BCUT2D eigenvalue weighted by Gasteiger charge is 2.32. The van der Waals surface area contributed by atoms with Crippen LogP contribution in [0.5, 0.6) is 5.75 Å². The van der Waals surface area contributed by atoms with Gasteiger partial charge in [-0.1, -0.05) is 102 Å². The van der Waals surface area contributed by atoms with E-state index in [2.05, 4.69) is 21.3 Å². The van der Waals surface area contributed by atoms with E-state index in [1.807, 2.05) is 60.7 Å². The summed E-state index contributed by atoms with van der Waals surface area (Å²) in [7, 11) is 0. The Morgan fingerprint density at radius 2 is 1.23 bits per heavy atom. The molecule has 0 saturated heterocycles. The number of benzene rings is 4. The van der Waals surface area contributed by atoms with Gasteiger partial charge >= 0.3 is 5.97 Å². The third kappa shape index (κ3) is 11.8. The summed E-state index contributed by atoms with van der Waals surface area (Å²) in [6.45, 7) is -0.407. The molecular weight excluding hydrogens is 719 g/mol. The molecule has 53 heavy (non-hydrogen) atoms. The van der Waals surface area contributed by atoms with Crippen LogP contribution in [0.2, 0.25) is 10.0 Å². The van der Waals surface area contributed by atoms with Crippen molar-refractivity contribution in [3.8, 4) is 5.75 Å². The molecule has 0 aromatic heterocycles. The van der Waals surface area contributed by atoms with Crippen LogP contribution in [0.25, 0.3) is 0 Å². The summed E-state index contributed by atoms with van der Waals surface area (Å²) in [5, 5.41) is 21.6. The van der Waals surface area contributed by atoms with Crippen molar-refractivity contribution in [2.75, 3.05) is 6.61 Å². The van der Waals surface area contributed by atoms with Crippen LogP contribution in [0.1, 0.15) is 35.1 Å². The maximum Gasteiger partial charge on any atom is 0.326 e. The standard InChI is InChI=1S/C40H40Cl2N4O7/c41-29-16-15-28(31(42)23-29)22-34-39(50)44-33(20-14-26-9-5-2-6-10-26)38(49)46-35(40(51)52)21-27-11-17-30(18-12-27)53-24-36(47)43-32(37(48)45-34)19-13-25-7-3-1-4-8-25/h1-12,15-18,23,32-35H,13-14,19-22,24H2,(H,43,47)(H,44,50)(H,45,48)(H,46,49)(H,51,52)/t32-,33-,34+,35-/m1/s1. The van der Waals surface area contributed by atoms with E-state index < -0.39 is 60.4 Å². The minimum atomic E-state index is -1.33. The summed E-state index contributed by atoms with van der Waals surface area (Å²) in [5.74, 6) is -3.55. The number of carbonyl (C=O) groups excluding carboxylic acids is 4. The van der Waals surface area contributed by atoms with Gasteiger partial charge in [-0.25, -0.2) is 4.79 Å². The first-order valence-corrected chi connectivity index (χ1v) is 18.0. The number of halogens is 2. The zero-order valence-electron chi connectivity index (χ0n) is 28.7. The molecule has 0 spiro atoms. The Bertz CT molecular complexity index is 1890. The van der Waals surface area contributed by atoms with Crippen molar-refractivity contribution in [3.05, 3.63) is 135 Å². The van der Waals surface area contributed by atoms with Crippen LogP contribution in [0.4, 0.5) is 0 Å². The molecule has 0 radical (unpaired) electrons. The third-order valence-electron chi connectivity index (χ3n) is 8.83. The topological polar surface area (TPSA) is 163 Å². The van der Waals surface area contributed by atoms with E-state index in [0.717, 1.165) is 11.1 Å². The van der Waals surface area contributed by atoms with Gasteiger partial charge in [0, 0.05) is 22.9 Å². The average molecular weight is 760 g/mol. The number of carboxylic acids is 1. The van der Waals surface area contributed by atoms with Crippen molar-refractivity contribution in [3.63, 3.8) is 0 Å². The normalized spacial score (nSPS) is 20.0. The molecule has 2 heterocycles. The highest BCUT2D eigenvalue weighted by molar-refractivity contribution is 6.35. The Morgan fingerprint density at radius 1 is 0.679 bits per heavy atom. The molecule has 11 nitrogen and oxygen atoms in total. The Hall–Kier alpha value is -5.39. The number of fused-ring (bicyclic) bond motifs is 16. The van der Waals surface area contributed by atoms with Crippen LogP contribution < -0.4 is 26.0 Å². The van der Waals surface area contributed by atoms with Gasteiger partial charge in [-0.2, -0.15) is 0 Å². The molecule has 4 atom stereocenters. The molecule has 2 aliphatic heterocycles. The summed E-state index contributed by atoms with van der Waals surface area (Å²) in [6.07, 6.45) is 0.996. The molecular formula is C40H40Cl2N4O7. The zero-order valence-corrected chi connectivity index (χ0v) is 30.2. The van der Waals surface area contributed by atoms with E-state index in [-0.39, 0.29) is 30.7 Å². The van der Waals surface area contributed by atoms with Crippen LogP contribution in [0, 0.1) is 0 Å². The molecule has 2 bridgehead atoms. The second-order valence-electron chi connectivity index (χ2n) is 12.8. The fourth-order valence-corrected chi connectivity index (χ4v) is 6.41. The third-order valence-corrected chi connectivity index (χ3v) is 9.42. The first-order valence-electron chi connectivity index (χ1n) is 17.2. The van der Waals surface area contributed by atoms with Crippen molar-refractivity contribution in [1.29, 1.82) is 0 Å². The van der Waals surface area contributed by atoms with Gasteiger partial charge in [0.15, 0.2) is 6.61 Å². The Kier molecular flexibility index (Phi) is 13.9. The molecule has 0 unspecified atom stereocenters. The van der Waals surface area contributed by atoms with E-state index in [1.54, 1.807) is 36.4 Å². The number of amides is 4. The number of carboxylic acid groups (broad SMARTS) is 1. The molecule has 4 aromatic carbocycles. The lowest BCUT2D eigenvalue weighted by Gasteiger charge is -2.26. The van der Waals surface area contributed by atoms with Crippen molar-refractivity contribution in [2.24, 2.45) is 0 Å². The molecule has 0 saturated carbocycles.